The van der Waals surface area contributed by atoms with Gasteiger partial charge < -0.3 is 0 Å². The molecule has 3 rings (SSSR count). The highest BCUT2D eigenvalue weighted by Gasteiger charge is 2.40. The van der Waals surface area contributed by atoms with Crippen LogP contribution in [0.5, 0.6) is 0 Å². The molecular formula is C15H19F2N5. The van der Waals surface area contributed by atoms with E-state index < -0.39 is 17.5 Å². The second-order valence-corrected chi connectivity index (χ2v) is 6.16. The number of nitrogens with zero attached hydrogens (tertiary/aromatic N) is 5. The minimum atomic E-state index is -1.51. The largest absolute Gasteiger partial charge is 0.293 e. The Hall–Kier alpha value is -1.89. The van der Waals surface area contributed by atoms with Gasteiger partial charge in [-0.3, -0.25) is 4.90 Å². The Balaban J connectivity index is 2.15. The zero-order valence-corrected chi connectivity index (χ0v) is 12.9. The summed E-state index contributed by atoms with van der Waals surface area (Å²) in [4.78, 5) is 3.29. The Kier molecular flexibility index (Phi) is 3.68. The van der Waals surface area contributed by atoms with Crippen LogP contribution >= 0.6 is 0 Å². The molecule has 1 saturated heterocycles. The average Bonchev–Trinajstić information content (AvgIpc) is 2.78. The number of likely N-dealkylation sites (tertiary alicyclic amines) is 1. The number of aryl methyl sites for hydroxylation is 1. The van der Waals surface area contributed by atoms with Crippen molar-refractivity contribution in [2.24, 2.45) is 7.05 Å². The number of halogens is 2. The molecule has 0 saturated carbocycles. The van der Waals surface area contributed by atoms with Crippen LogP contribution in [0, 0.1) is 5.82 Å². The molecule has 0 N–H and O–H groups in total. The number of benzene rings is 1. The van der Waals surface area contributed by atoms with Crippen LogP contribution in [-0.4, -0.2) is 43.9 Å². The van der Waals surface area contributed by atoms with E-state index in [1.807, 2.05) is 4.90 Å². The predicted molar refractivity (Wildman–Crippen MR) is 78.3 cm³/mol. The standard InChI is InChI=1S/C15H19F2N5/c1-15(2,17)13(22-8-5-9-22)10-6-4-7-11(16)12(10)14-18-20-21(3)19-14/h4,6-7,13H,5,8-9H2,1-3H3/t13-/m0/s1. The smallest absolute Gasteiger partial charge is 0.208 e. The van der Waals surface area contributed by atoms with Crippen LogP contribution in [0.1, 0.15) is 31.9 Å². The SMILES string of the molecule is Cn1nnc(-c2c(F)cccc2[C@H](N2CCC2)C(C)(C)F)n1. The van der Waals surface area contributed by atoms with Gasteiger partial charge in [-0.05, 0) is 37.1 Å². The van der Waals surface area contributed by atoms with E-state index in [0.29, 0.717) is 5.56 Å². The number of rotatable bonds is 4. The van der Waals surface area contributed by atoms with E-state index in [2.05, 4.69) is 15.4 Å². The maximum Gasteiger partial charge on any atom is 0.208 e. The second kappa shape index (κ2) is 5.39. The van der Waals surface area contributed by atoms with Gasteiger partial charge in [0.15, 0.2) is 0 Å². The van der Waals surface area contributed by atoms with Crippen molar-refractivity contribution in [2.75, 3.05) is 13.1 Å². The molecule has 0 radical (unpaired) electrons. The first-order valence-corrected chi connectivity index (χ1v) is 7.33. The van der Waals surface area contributed by atoms with Gasteiger partial charge in [-0.15, -0.1) is 10.2 Å². The number of aromatic nitrogens is 4. The molecule has 1 aliphatic heterocycles. The third-order valence-electron chi connectivity index (χ3n) is 3.98. The third-order valence-corrected chi connectivity index (χ3v) is 3.98. The molecule has 0 unspecified atom stereocenters. The van der Waals surface area contributed by atoms with Gasteiger partial charge in [-0.1, -0.05) is 12.1 Å². The van der Waals surface area contributed by atoms with Crippen molar-refractivity contribution < 1.29 is 8.78 Å². The Morgan fingerprint density at radius 1 is 1.27 bits per heavy atom. The topological polar surface area (TPSA) is 46.8 Å². The quantitative estimate of drug-likeness (QED) is 0.871. The zero-order chi connectivity index (χ0) is 15.9. The summed E-state index contributed by atoms with van der Waals surface area (Å²) >= 11 is 0. The van der Waals surface area contributed by atoms with Crippen molar-refractivity contribution in [1.82, 2.24) is 25.1 Å². The van der Waals surface area contributed by atoms with Crippen LogP contribution in [0.3, 0.4) is 0 Å². The number of hydrogen-bond acceptors (Lipinski definition) is 4. The predicted octanol–water partition coefficient (Wildman–Crippen LogP) is 2.51. The van der Waals surface area contributed by atoms with Gasteiger partial charge in [-0.25, -0.2) is 8.78 Å². The molecule has 1 atom stereocenters. The van der Waals surface area contributed by atoms with E-state index in [4.69, 9.17) is 0 Å². The summed E-state index contributed by atoms with van der Waals surface area (Å²) in [6, 6.07) is 4.16. The maximum atomic E-state index is 14.8. The van der Waals surface area contributed by atoms with Crippen LogP contribution in [0.25, 0.3) is 11.4 Å². The Morgan fingerprint density at radius 3 is 2.50 bits per heavy atom. The van der Waals surface area contributed by atoms with Crippen molar-refractivity contribution in [1.29, 1.82) is 0 Å². The third kappa shape index (κ3) is 2.61. The van der Waals surface area contributed by atoms with Crippen LogP contribution in [0.2, 0.25) is 0 Å². The average molecular weight is 307 g/mol. The van der Waals surface area contributed by atoms with E-state index >= 15 is 0 Å². The molecule has 0 aliphatic carbocycles. The van der Waals surface area contributed by atoms with Gasteiger partial charge in [0.25, 0.3) is 0 Å². The lowest BCUT2D eigenvalue weighted by Gasteiger charge is -2.43. The summed E-state index contributed by atoms with van der Waals surface area (Å²) in [5.41, 5.74) is -0.705. The maximum absolute atomic E-state index is 14.8. The molecule has 1 aromatic heterocycles. The summed E-state index contributed by atoms with van der Waals surface area (Å²) in [5.74, 6) is -0.273. The van der Waals surface area contributed by atoms with Crippen molar-refractivity contribution in [3.05, 3.63) is 29.6 Å². The van der Waals surface area contributed by atoms with Gasteiger partial charge >= 0.3 is 0 Å². The van der Waals surface area contributed by atoms with Gasteiger partial charge in [0.1, 0.15) is 11.5 Å². The molecule has 0 bridgehead atoms. The summed E-state index contributed by atoms with van der Waals surface area (Å²) in [7, 11) is 1.61. The molecule has 2 heterocycles. The lowest BCUT2D eigenvalue weighted by molar-refractivity contribution is 0.0119. The van der Waals surface area contributed by atoms with Crippen molar-refractivity contribution in [2.45, 2.75) is 32.0 Å². The lowest BCUT2D eigenvalue weighted by atomic mass is 9.86. The van der Waals surface area contributed by atoms with E-state index in [0.717, 1.165) is 19.5 Å². The molecule has 7 heteroatoms. The van der Waals surface area contributed by atoms with Crippen molar-refractivity contribution in [3.8, 4) is 11.4 Å². The highest BCUT2D eigenvalue weighted by atomic mass is 19.1. The van der Waals surface area contributed by atoms with Crippen molar-refractivity contribution in [3.63, 3.8) is 0 Å². The lowest BCUT2D eigenvalue weighted by Crippen LogP contribution is -2.47. The Labute approximate surface area is 127 Å². The first-order chi connectivity index (χ1) is 10.4. The summed E-state index contributed by atoms with van der Waals surface area (Å²) in [6.07, 6.45) is 1.03. The Bertz CT molecular complexity index is 673. The summed E-state index contributed by atoms with van der Waals surface area (Å²) < 4.78 is 29.2. The van der Waals surface area contributed by atoms with E-state index in [1.54, 1.807) is 19.2 Å². The molecular weight excluding hydrogens is 288 g/mol. The van der Waals surface area contributed by atoms with Gasteiger partial charge in [0, 0.05) is 13.1 Å². The second-order valence-electron chi connectivity index (χ2n) is 6.16. The molecule has 1 fully saturated rings. The molecule has 0 amide bonds. The van der Waals surface area contributed by atoms with Crippen LogP contribution < -0.4 is 0 Å². The number of tetrazole rings is 1. The normalized spacial score (nSPS) is 17.3. The fraction of sp³-hybridized carbons (Fsp3) is 0.533. The minimum absolute atomic E-state index is 0.186. The molecule has 118 valence electrons. The molecule has 2 aromatic rings. The van der Waals surface area contributed by atoms with E-state index in [-0.39, 0.29) is 11.4 Å². The Morgan fingerprint density at radius 2 is 2.00 bits per heavy atom. The molecule has 1 aliphatic rings. The van der Waals surface area contributed by atoms with Crippen LogP contribution in [0.4, 0.5) is 8.78 Å². The highest BCUT2D eigenvalue weighted by molar-refractivity contribution is 5.61. The zero-order valence-electron chi connectivity index (χ0n) is 12.9. The monoisotopic (exact) mass is 307 g/mol. The summed E-state index contributed by atoms with van der Waals surface area (Å²) in [6.45, 7) is 4.66. The van der Waals surface area contributed by atoms with Crippen LogP contribution in [-0.2, 0) is 7.05 Å². The fourth-order valence-electron chi connectivity index (χ4n) is 2.99. The van der Waals surface area contributed by atoms with Crippen molar-refractivity contribution >= 4 is 0 Å². The van der Waals surface area contributed by atoms with Gasteiger partial charge in [0.2, 0.25) is 5.82 Å². The summed E-state index contributed by atoms with van der Waals surface area (Å²) in [5, 5.41) is 11.7. The minimum Gasteiger partial charge on any atom is -0.293 e. The van der Waals surface area contributed by atoms with E-state index in [1.165, 1.54) is 24.7 Å². The van der Waals surface area contributed by atoms with Gasteiger partial charge in [0.05, 0.1) is 18.7 Å². The number of alkyl halides is 1. The first-order valence-electron chi connectivity index (χ1n) is 7.33. The molecule has 0 spiro atoms. The van der Waals surface area contributed by atoms with E-state index in [9.17, 15) is 8.78 Å². The molecule has 5 nitrogen and oxygen atoms in total. The molecule has 22 heavy (non-hydrogen) atoms. The first kappa shape index (κ1) is 15.0. The number of hydrogen-bond donors (Lipinski definition) is 0. The molecule has 1 aromatic carbocycles. The van der Waals surface area contributed by atoms with Gasteiger partial charge in [-0.2, -0.15) is 4.80 Å². The van der Waals surface area contributed by atoms with Crippen LogP contribution in [0.15, 0.2) is 18.2 Å². The highest BCUT2D eigenvalue weighted by Crippen LogP contribution is 2.41. The fourth-order valence-corrected chi connectivity index (χ4v) is 2.99.